The van der Waals surface area contributed by atoms with E-state index in [1.165, 1.54) is 35.5 Å². The first-order chi connectivity index (χ1) is 11.9. The molecule has 0 amide bonds. The van der Waals surface area contributed by atoms with Gasteiger partial charge in [-0.15, -0.1) is 0 Å². The number of rotatable bonds is 4. The normalized spacial score (nSPS) is 26.7. The number of benzene rings is 1. The van der Waals surface area contributed by atoms with Gasteiger partial charge in [-0.25, -0.2) is 0 Å². The van der Waals surface area contributed by atoms with Crippen LogP contribution in [0.25, 0.3) is 0 Å². The molecular formula is C19H28N3O2S+. The van der Waals surface area contributed by atoms with Crippen LogP contribution < -0.4 is 0 Å². The highest BCUT2D eigenvalue weighted by molar-refractivity contribution is 7.80. The van der Waals surface area contributed by atoms with Crippen molar-refractivity contribution in [3.8, 4) is 0 Å². The molecule has 25 heavy (non-hydrogen) atoms. The largest absolute Gasteiger partial charge is 0.320 e. The molecule has 0 radical (unpaired) electrons. The van der Waals surface area contributed by atoms with E-state index >= 15 is 0 Å². The van der Waals surface area contributed by atoms with E-state index in [9.17, 15) is 10.1 Å². The minimum absolute atomic E-state index is 0.188. The van der Waals surface area contributed by atoms with Crippen molar-refractivity contribution in [2.24, 2.45) is 11.8 Å². The van der Waals surface area contributed by atoms with Gasteiger partial charge in [0.25, 0.3) is 5.69 Å². The zero-order valence-corrected chi connectivity index (χ0v) is 16.0. The van der Waals surface area contributed by atoms with Gasteiger partial charge in [-0.2, -0.15) is 0 Å². The number of hydrogen-bond acceptors (Lipinski definition) is 4. The highest BCUT2D eigenvalue weighted by Gasteiger charge is 2.41. The third kappa shape index (κ3) is 4.25. The third-order valence-electron chi connectivity index (χ3n) is 5.91. The maximum absolute atomic E-state index is 10.9. The summed E-state index contributed by atoms with van der Waals surface area (Å²) in [5.74, 6) is 1.10. The summed E-state index contributed by atoms with van der Waals surface area (Å²) < 4.78 is 1.22. The number of nitro groups is 1. The molecule has 3 rings (SSSR count). The first-order valence-corrected chi connectivity index (χ1v) is 9.64. The summed E-state index contributed by atoms with van der Waals surface area (Å²) in [6.07, 6.45) is 0.874. The molecule has 1 aromatic rings. The fourth-order valence-corrected chi connectivity index (χ4v) is 4.68. The highest BCUT2D eigenvalue weighted by atomic mass is 32.1. The van der Waals surface area contributed by atoms with E-state index in [2.05, 4.69) is 18.7 Å². The van der Waals surface area contributed by atoms with E-state index < -0.39 is 0 Å². The van der Waals surface area contributed by atoms with Gasteiger partial charge in [0.2, 0.25) is 0 Å². The number of quaternary nitrogens is 1. The van der Waals surface area contributed by atoms with E-state index in [1.807, 2.05) is 6.07 Å². The third-order valence-corrected chi connectivity index (χ3v) is 6.72. The Morgan fingerprint density at radius 3 is 2.48 bits per heavy atom. The van der Waals surface area contributed by atoms with E-state index in [0.29, 0.717) is 11.8 Å². The number of hydrogen-bond donors (Lipinski definition) is 0. The Kier molecular flexibility index (Phi) is 5.51. The van der Waals surface area contributed by atoms with Crippen LogP contribution in [0.4, 0.5) is 5.69 Å². The smallest absolute Gasteiger partial charge is 0.269 e. The molecule has 5 nitrogen and oxygen atoms in total. The van der Waals surface area contributed by atoms with Crippen LogP contribution in [0, 0.1) is 22.0 Å². The molecule has 2 heterocycles. The van der Waals surface area contributed by atoms with Crippen molar-refractivity contribution < 1.29 is 9.41 Å². The first kappa shape index (κ1) is 18.4. The maximum atomic E-state index is 10.9. The predicted octanol–water partition coefficient (Wildman–Crippen LogP) is 2.93. The summed E-state index contributed by atoms with van der Waals surface area (Å²) in [4.78, 5) is 14.3. The number of nitro benzene ring substituents is 1. The van der Waals surface area contributed by atoms with Crippen molar-refractivity contribution in [3.63, 3.8) is 0 Å². The van der Waals surface area contributed by atoms with E-state index in [1.54, 1.807) is 18.2 Å². The molecule has 2 unspecified atom stereocenters. The van der Waals surface area contributed by atoms with Crippen molar-refractivity contribution in [3.05, 3.63) is 39.9 Å². The molecule has 2 aliphatic heterocycles. The highest BCUT2D eigenvalue weighted by Crippen LogP contribution is 2.27. The van der Waals surface area contributed by atoms with Crippen molar-refractivity contribution in [2.75, 3.05) is 45.8 Å². The zero-order chi connectivity index (χ0) is 18.0. The van der Waals surface area contributed by atoms with Gasteiger partial charge in [-0.1, -0.05) is 38.2 Å². The monoisotopic (exact) mass is 362 g/mol. The summed E-state index contributed by atoms with van der Waals surface area (Å²) >= 11 is 5.58. The van der Waals surface area contributed by atoms with Crippen molar-refractivity contribution in [1.29, 1.82) is 0 Å². The molecule has 0 bridgehead atoms. The summed E-state index contributed by atoms with van der Waals surface area (Å²) in [5, 5.41) is 10.9. The van der Waals surface area contributed by atoms with E-state index in [4.69, 9.17) is 12.2 Å². The molecule has 2 fully saturated rings. The number of piperazine rings is 1. The fourth-order valence-electron chi connectivity index (χ4n) is 4.53. The lowest BCUT2D eigenvalue weighted by Gasteiger charge is -2.50. The number of thiocarbonyl (C=S) groups is 1. The van der Waals surface area contributed by atoms with Gasteiger partial charge in [-0.3, -0.25) is 15.0 Å². The van der Waals surface area contributed by atoms with Gasteiger partial charge in [0, 0.05) is 48.5 Å². The van der Waals surface area contributed by atoms with Crippen LogP contribution in [0.15, 0.2) is 24.3 Å². The predicted molar refractivity (Wildman–Crippen MR) is 104 cm³/mol. The van der Waals surface area contributed by atoms with Gasteiger partial charge < -0.3 is 4.48 Å². The average Bonchev–Trinajstić information content (AvgIpc) is 2.59. The van der Waals surface area contributed by atoms with Crippen LogP contribution in [0.2, 0.25) is 0 Å². The second-order valence-corrected chi connectivity index (χ2v) is 8.35. The minimum Gasteiger partial charge on any atom is -0.320 e. The van der Waals surface area contributed by atoms with Gasteiger partial charge in [0.05, 0.1) is 31.1 Å². The Morgan fingerprint density at radius 1 is 1.24 bits per heavy atom. The number of nitrogens with zero attached hydrogens (tertiary/aromatic N) is 3. The molecule has 0 aliphatic carbocycles. The Balaban J connectivity index is 1.52. The zero-order valence-electron chi connectivity index (χ0n) is 15.2. The average molecular weight is 363 g/mol. The molecule has 1 aromatic carbocycles. The van der Waals surface area contributed by atoms with Gasteiger partial charge in [0.1, 0.15) is 0 Å². The molecule has 136 valence electrons. The maximum Gasteiger partial charge on any atom is 0.269 e. The standard InChI is InChI=1S/C19H28N3O2S/c1-15-13-22(14-16(2)19(15)25)10-8-20(9-11-22)7-6-17-4-3-5-18(12-17)21(23)24/h3-5,12,15-16H,6-11,13-14H2,1-2H3/q+1. The Labute approximate surface area is 155 Å². The lowest BCUT2D eigenvalue weighted by atomic mass is 9.88. The quantitative estimate of drug-likeness (QED) is 0.358. The van der Waals surface area contributed by atoms with Crippen LogP contribution in [0.3, 0.4) is 0 Å². The Morgan fingerprint density at radius 2 is 1.88 bits per heavy atom. The van der Waals surface area contributed by atoms with Gasteiger partial charge >= 0.3 is 0 Å². The molecule has 0 saturated carbocycles. The second-order valence-electron chi connectivity index (χ2n) is 7.88. The SMILES string of the molecule is CC1C[N+]2(CCN(CCc3cccc([N+](=O)[O-])c3)CC2)CC(C)C1=S. The number of non-ortho nitro benzene ring substituents is 1. The van der Waals surface area contributed by atoms with Crippen molar-refractivity contribution in [1.82, 2.24) is 4.90 Å². The van der Waals surface area contributed by atoms with Crippen molar-refractivity contribution in [2.45, 2.75) is 20.3 Å². The summed E-state index contributed by atoms with van der Waals surface area (Å²) in [6.45, 7) is 12.6. The van der Waals surface area contributed by atoms with Crippen LogP contribution >= 0.6 is 12.2 Å². The second kappa shape index (κ2) is 7.48. The molecule has 2 atom stereocenters. The van der Waals surface area contributed by atoms with Crippen molar-refractivity contribution >= 4 is 22.8 Å². The van der Waals surface area contributed by atoms with Gasteiger partial charge in [0.15, 0.2) is 0 Å². The number of piperidine rings is 1. The van der Waals surface area contributed by atoms with Crippen LogP contribution in [-0.4, -0.2) is 65.0 Å². The fraction of sp³-hybridized carbons (Fsp3) is 0.632. The Bertz CT molecular complexity index is 640. The lowest BCUT2D eigenvalue weighted by molar-refractivity contribution is -0.938. The molecule has 0 N–H and O–H groups in total. The molecular weight excluding hydrogens is 334 g/mol. The molecule has 0 aromatic heterocycles. The molecule has 1 spiro atoms. The summed E-state index contributed by atoms with van der Waals surface area (Å²) in [6, 6.07) is 7.03. The van der Waals surface area contributed by atoms with E-state index in [-0.39, 0.29) is 10.6 Å². The topological polar surface area (TPSA) is 46.4 Å². The molecule has 2 aliphatic rings. The van der Waals surface area contributed by atoms with Crippen LogP contribution in [0.5, 0.6) is 0 Å². The minimum atomic E-state index is -0.318. The summed E-state index contributed by atoms with van der Waals surface area (Å²) in [5.41, 5.74) is 1.24. The molecule has 6 heteroatoms. The first-order valence-electron chi connectivity index (χ1n) is 9.23. The summed E-state index contributed by atoms with van der Waals surface area (Å²) in [7, 11) is 0. The lowest BCUT2D eigenvalue weighted by Crippen LogP contribution is -2.65. The van der Waals surface area contributed by atoms with Gasteiger partial charge in [-0.05, 0) is 12.0 Å². The van der Waals surface area contributed by atoms with E-state index in [0.717, 1.165) is 31.6 Å². The Hall–Kier alpha value is -1.37. The molecule has 2 saturated heterocycles. The van der Waals surface area contributed by atoms with Crippen LogP contribution in [0.1, 0.15) is 19.4 Å². The van der Waals surface area contributed by atoms with Crippen LogP contribution in [-0.2, 0) is 6.42 Å².